The molecule has 116 valence electrons. The maximum Gasteiger partial charge on any atom is 0.313 e. The first-order valence-electron chi connectivity index (χ1n) is 6.51. The number of aliphatic hydroxyl groups is 1. The summed E-state index contributed by atoms with van der Waals surface area (Å²) >= 11 is 11.6. The first-order chi connectivity index (χ1) is 9.77. The molecule has 1 rings (SSSR count). The number of benzene rings is 1. The molecule has 1 aromatic carbocycles. The highest BCUT2D eigenvalue weighted by Crippen LogP contribution is 2.22. The normalized spacial score (nSPS) is 12.1. The number of anilines is 1. The average Bonchev–Trinajstić information content (AvgIpc) is 2.33. The largest absolute Gasteiger partial charge is 0.391 e. The van der Waals surface area contributed by atoms with Gasteiger partial charge in [-0.3, -0.25) is 9.59 Å². The van der Waals surface area contributed by atoms with Gasteiger partial charge in [0.2, 0.25) is 0 Å². The van der Waals surface area contributed by atoms with Crippen molar-refractivity contribution in [3.63, 3.8) is 0 Å². The third-order valence-corrected chi connectivity index (χ3v) is 3.00. The summed E-state index contributed by atoms with van der Waals surface area (Å²) in [7, 11) is 0. The Morgan fingerprint density at radius 1 is 1.14 bits per heavy atom. The van der Waals surface area contributed by atoms with Crippen molar-refractivity contribution < 1.29 is 14.7 Å². The molecule has 0 aliphatic heterocycles. The average molecular weight is 333 g/mol. The van der Waals surface area contributed by atoms with Crippen LogP contribution in [0.15, 0.2) is 18.2 Å². The van der Waals surface area contributed by atoms with Gasteiger partial charge in [-0.15, -0.1) is 0 Å². The standard InChI is InChI=1S/C14H18Cl2N2O3/c1-8(2)3-12(19)7-17-13(20)14(21)18-11-5-9(15)4-10(16)6-11/h4-6,8,12,19H,3,7H2,1-2H3,(H,17,20)(H,18,21). The minimum atomic E-state index is -0.843. The van der Waals surface area contributed by atoms with E-state index in [0.29, 0.717) is 28.1 Å². The summed E-state index contributed by atoms with van der Waals surface area (Å²) in [6.45, 7) is 3.95. The summed E-state index contributed by atoms with van der Waals surface area (Å²) in [5.74, 6) is -1.36. The quantitative estimate of drug-likeness (QED) is 0.724. The van der Waals surface area contributed by atoms with Crippen LogP contribution >= 0.6 is 23.2 Å². The first kappa shape index (κ1) is 17.8. The van der Waals surface area contributed by atoms with E-state index in [0.717, 1.165) is 0 Å². The van der Waals surface area contributed by atoms with Gasteiger partial charge < -0.3 is 15.7 Å². The van der Waals surface area contributed by atoms with E-state index >= 15 is 0 Å². The van der Waals surface area contributed by atoms with Gasteiger partial charge in [0.05, 0.1) is 6.10 Å². The second-order valence-electron chi connectivity index (χ2n) is 5.11. The SMILES string of the molecule is CC(C)CC(O)CNC(=O)C(=O)Nc1cc(Cl)cc(Cl)c1. The fourth-order valence-corrected chi connectivity index (χ4v) is 2.26. The third-order valence-electron chi connectivity index (χ3n) is 2.57. The zero-order valence-electron chi connectivity index (χ0n) is 11.8. The third kappa shape index (κ3) is 6.80. The van der Waals surface area contributed by atoms with Crippen LogP contribution in [0, 0.1) is 5.92 Å². The second kappa shape index (κ2) is 8.22. The maximum absolute atomic E-state index is 11.7. The van der Waals surface area contributed by atoms with Crippen LogP contribution in [0.1, 0.15) is 20.3 Å². The number of rotatable bonds is 5. The van der Waals surface area contributed by atoms with Crippen molar-refractivity contribution in [2.75, 3.05) is 11.9 Å². The van der Waals surface area contributed by atoms with E-state index in [2.05, 4.69) is 10.6 Å². The molecule has 0 aromatic heterocycles. The molecule has 0 aliphatic rings. The van der Waals surface area contributed by atoms with Crippen LogP contribution in [0.2, 0.25) is 10.0 Å². The molecule has 0 aliphatic carbocycles. The van der Waals surface area contributed by atoms with Gasteiger partial charge in [-0.2, -0.15) is 0 Å². The van der Waals surface area contributed by atoms with Gasteiger partial charge in [-0.25, -0.2) is 0 Å². The lowest BCUT2D eigenvalue weighted by atomic mass is 10.1. The fourth-order valence-electron chi connectivity index (χ4n) is 1.73. The van der Waals surface area contributed by atoms with Crippen molar-refractivity contribution in [3.05, 3.63) is 28.2 Å². The molecule has 0 spiro atoms. The number of aliphatic hydroxyl groups excluding tert-OH is 1. The molecule has 3 N–H and O–H groups in total. The Labute approximate surface area is 133 Å². The lowest BCUT2D eigenvalue weighted by molar-refractivity contribution is -0.136. The molecular formula is C14H18Cl2N2O3. The van der Waals surface area contributed by atoms with E-state index in [4.69, 9.17) is 23.2 Å². The van der Waals surface area contributed by atoms with Crippen molar-refractivity contribution in [2.24, 2.45) is 5.92 Å². The van der Waals surface area contributed by atoms with Crippen molar-refractivity contribution in [1.29, 1.82) is 0 Å². The minimum Gasteiger partial charge on any atom is -0.391 e. The van der Waals surface area contributed by atoms with Crippen LogP contribution in [0.5, 0.6) is 0 Å². The van der Waals surface area contributed by atoms with Crippen LogP contribution in [-0.2, 0) is 9.59 Å². The Kier molecular flexibility index (Phi) is 6.95. The van der Waals surface area contributed by atoms with Crippen molar-refractivity contribution in [3.8, 4) is 0 Å². The molecular weight excluding hydrogens is 315 g/mol. The zero-order valence-corrected chi connectivity index (χ0v) is 13.3. The molecule has 1 atom stereocenters. The van der Waals surface area contributed by atoms with Gasteiger partial charge in [0, 0.05) is 22.3 Å². The lowest BCUT2D eigenvalue weighted by Crippen LogP contribution is -2.39. The van der Waals surface area contributed by atoms with E-state index in [1.807, 2.05) is 13.8 Å². The van der Waals surface area contributed by atoms with E-state index in [-0.39, 0.29) is 6.54 Å². The van der Waals surface area contributed by atoms with Crippen LogP contribution < -0.4 is 10.6 Å². The number of amides is 2. The van der Waals surface area contributed by atoms with Gasteiger partial charge in [-0.1, -0.05) is 37.0 Å². The summed E-state index contributed by atoms with van der Waals surface area (Å²) < 4.78 is 0. The molecule has 0 fully saturated rings. The Balaban J connectivity index is 2.49. The number of hydrogen-bond donors (Lipinski definition) is 3. The Hall–Kier alpha value is -1.30. The number of carbonyl (C=O) groups is 2. The highest BCUT2D eigenvalue weighted by molar-refractivity contribution is 6.40. The Morgan fingerprint density at radius 3 is 2.24 bits per heavy atom. The molecule has 5 nitrogen and oxygen atoms in total. The smallest absolute Gasteiger partial charge is 0.313 e. The topological polar surface area (TPSA) is 78.4 Å². The zero-order chi connectivity index (χ0) is 16.0. The van der Waals surface area contributed by atoms with Crippen molar-refractivity contribution in [1.82, 2.24) is 5.32 Å². The lowest BCUT2D eigenvalue weighted by Gasteiger charge is -2.13. The van der Waals surface area contributed by atoms with Gasteiger partial charge >= 0.3 is 11.8 Å². The molecule has 0 saturated heterocycles. The molecule has 1 aromatic rings. The van der Waals surface area contributed by atoms with Crippen LogP contribution in [0.4, 0.5) is 5.69 Å². The maximum atomic E-state index is 11.7. The van der Waals surface area contributed by atoms with E-state index in [1.165, 1.54) is 18.2 Å². The first-order valence-corrected chi connectivity index (χ1v) is 7.27. The van der Waals surface area contributed by atoms with Crippen LogP contribution in [-0.4, -0.2) is 29.6 Å². The highest BCUT2D eigenvalue weighted by Gasteiger charge is 2.16. The summed E-state index contributed by atoms with van der Waals surface area (Å²) in [6, 6.07) is 4.47. The summed E-state index contributed by atoms with van der Waals surface area (Å²) in [5, 5.41) is 15.1. The van der Waals surface area contributed by atoms with Gasteiger partial charge in [0.15, 0.2) is 0 Å². The van der Waals surface area contributed by atoms with Crippen molar-refractivity contribution in [2.45, 2.75) is 26.4 Å². The fraction of sp³-hybridized carbons (Fsp3) is 0.429. The molecule has 0 radical (unpaired) electrons. The van der Waals surface area contributed by atoms with Gasteiger partial charge in [0.1, 0.15) is 0 Å². The second-order valence-corrected chi connectivity index (χ2v) is 5.98. The number of nitrogens with one attached hydrogen (secondary N) is 2. The Morgan fingerprint density at radius 2 is 1.71 bits per heavy atom. The summed E-state index contributed by atoms with van der Waals surface area (Å²) in [4.78, 5) is 23.3. The highest BCUT2D eigenvalue weighted by atomic mass is 35.5. The molecule has 0 saturated carbocycles. The Bertz CT molecular complexity index is 501. The minimum absolute atomic E-state index is 0.0285. The van der Waals surface area contributed by atoms with Gasteiger partial charge in [0.25, 0.3) is 0 Å². The van der Waals surface area contributed by atoms with E-state index in [9.17, 15) is 14.7 Å². The van der Waals surface area contributed by atoms with Crippen molar-refractivity contribution >= 4 is 40.7 Å². The molecule has 21 heavy (non-hydrogen) atoms. The molecule has 2 amide bonds. The monoisotopic (exact) mass is 332 g/mol. The molecule has 0 heterocycles. The molecule has 0 bridgehead atoms. The molecule has 1 unspecified atom stereocenters. The van der Waals surface area contributed by atoms with Gasteiger partial charge in [-0.05, 0) is 30.5 Å². The van der Waals surface area contributed by atoms with E-state index in [1.54, 1.807) is 0 Å². The number of halogens is 2. The number of hydrogen-bond acceptors (Lipinski definition) is 3. The van der Waals surface area contributed by atoms with E-state index < -0.39 is 17.9 Å². The predicted octanol–water partition coefficient (Wildman–Crippen LogP) is 2.46. The summed E-state index contributed by atoms with van der Waals surface area (Å²) in [5.41, 5.74) is 0.329. The summed E-state index contributed by atoms with van der Waals surface area (Å²) in [6.07, 6.45) is -0.131. The number of carbonyl (C=O) groups excluding carboxylic acids is 2. The van der Waals surface area contributed by atoms with Crippen LogP contribution in [0.3, 0.4) is 0 Å². The predicted molar refractivity (Wildman–Crippen MR) is 83.6 cm³/mol. The molecule has 7 heteroatoms. The van der Waals surface area contributed by atoms with Crippen LogP contribution in [0.25, 0.3) is 0 Å².